The molecule has 138 valence electrons. The van der Waals surface area contributed by atoms with Crippen LogP contribution in [0.1, 0.15) is 52.9 Å². The molecule has 0 heterocycles. The number of Topliss-reactive ketones (excluding diaryl/α,β-unsaturated/α-hetero) is 1. The third kappa shape index (κ3) is 10.7. The molecule has 0 unspecified atom stereocenters. The number of ether oxygens (including phenoxy) is 2. The second-order valence-corrected chi connectivity index (χ2v) is 6.25. The molecule has 0 saturated carbocycles. The molecule has 0 aromatic heterocycles. The van der Waals surface area contributed by atoms with Gasteiger partial charge >= 0.3 is 17.6 Å². The van der Waals surface area contributed by atoms with Crippen LogP contribution in [0.3, 0.4) is 0 Å². The first-order valence-corrected chi connectivity index (χ1v) is 7.87. The van der Waals surface area contributed by atoms with E-state index in [4.69, 9.17) is 10.1 Å². The van der Waals surface area contributed by atoms with Crippen LogP contribution >= 0.6 is 0 Å². The van der Waals surface area contributed by atoms with E-state index in [0.717, 1.165) is 0 Å². The molecular weight excluding hydrogens is 328 g/mol. The van der Waals surface area contributed by atoms with Gasteiger partial charge in [-0.25, -0.2) is 9.59 Å². The molecular formula is C17H25N2O6+. The van der Waals surface area contributed by atoms with Crippen molar-refractivity contribution < 1.29 is 29.0 Å². The average molecular weight is 353 g/mol. The van der Waals surface area contributed by atoms with E-state index in [0.29, 0.717) is 12.8 Å². The summed E-state index contributed by atoms with van der Waals surface area (Å²) in [5, 5.41) is 18.7. The summed E-state index contributed by atoms with van der Waals surface area (Å²) in [6.07, 6.45) is 4.11. The summed E-state index contributed by atoms with van der Waals surface area (Å²) in [6.45, 7) is 4.90. The highest BCUT2D eigenvalue weighted by Crippen LogP contribution is 2.17. The Morgan fingerprint density at radius 3 is 2.32 bits per heavy atom. The molecule has 0 aliphatic carbocycles. The smallest absolute Gasteiger partial charge is 0.505 e. The molecule has 25 heavy (non-hydrogen) atoms. The minimum Gasteiger partial charge on any atom is -0.505 e. The zero-order valence-electron chi connectivity index (χ0n) is 15.1. The zero-order valence-corrected chi connectivity index (χ0v) is 15.1. The fourth-order valence-corrected chi connectivity index (χ4v) is 1.71. The van der Waals surface area contributed by atoms with Crippen molar-refractivity contribution in [2.45, 2.75) is 58.5 Å². The number of diazo groups is 1. The number of carbonyl (C=O) groups is 3. The molecule has 0 aliphatic heterocycles. The first-order chi connectivity index (χ1) is 11.6. The van der Waals surface area contributed by atoms with Crippen LogP contribution in [0.25, 0.3) is 4.98 Å². The highest BCUT2D eigenvalue weighted by Gasteiger charge is 2.33. The number of unbranched alkanes of at least 4 members (excludes halogenated alkanes) is 1. The minimum absolute atomic E-state index is 0.00559. The Labute approximate surface area is 147 Å². The summed E-state index contributed by atoms with van der Waals surface area (Å²) in [7, 11) is 1.28. The second-order valence-electron chi connectivity index (χ2n) is 6.25. The molecule has 0 spiro atoms. The number of ketones is 1. The van der Waals surface area contributed by atoms with E-state index < -0.39 is 29.0 Å². The first-order valence-electron chi connectivity index (χ1n) is 7.87. The third-order valence-electron chi connectivity index (χ3n) is 2.89. The van der Waals surface area contributed by atoms with Crippen molar-refractivity contribution in [1.82, 2.24) is 0 Å². The quantitative estimate of drug-likeness (QED) is 0.222. The number of carbonyl (C=O) groups excluding carboxylic acids is 3. The molecule has 0 fully saturated rings. The summed E-state index contributed by atoms with van der Waals surface area (Å²) in [6, 6.07) is 0. The van der Waals surface area contributed by atoms with Gasteiger partial charge in [-0.3, -0.25) is 4.79 Å². The zero-order chi connectivity index (χ0) is 19.5. The molecule has 0 atom stereocenters. The van der Waals surface area contributed by atoms with Gasteiger partial charge in [0.2, 0.25) is 5.39 Å². The summed E-state index contributed by atoms with van der Waals surface area (Å²) in [5.74, 6) is -2.05. The number of hydrogen-bond acceptors (Lipinski definition) is 7. The lowest BCUT2D eigenvalue weighted by molar-refractivity contribution is -0.149. The van der Waals surface area contributed by atoms with Crippen LogP contribution in [0.4, 0.5) is 0 Å². The van der Waals surface area contributed by atoms with Gasteiger partial charge in [-0.05, 0) is 33.6 Å². The number of aliphatic hydroxyl groups is 1. The van der Waals surface area contributed by atoms with Gasteiger partial charge in [-0.1, -0.05) is 6.08 Å². The fraction of sp³-hybridized carbons (Fsp3) is 0.588. The van der Waals surface area contributed by atoms with Crippen molar-refractivity contribution in [2.75, 3.05) is 7.11 Å². The van der Waals surface area contributed by atoms with Crippen molar-refractivity contribution in [3.63, 3.8) is 0 Å². The largest absolute Gasteiger partial charge is 0.505 e. The Kier molecular flexibility index (Phi) is 9.79. The summed E-state index contributed by atoms with van der Waals surface area (Å²) >= 11 is 0. The third-order valence-corrected chi connectivity index (χ3v) is 2.89. The van der Waals surface area contributed by atoms with Crippen LogP contribution < -0.4 is 0 Å². The van der Waals surface area contributed by atoms with Crippen molar-refractivity contribution >= 4 is 17.7 Å². The molecule has 0 bridgehead atoms. The molecule has 8 nitrogen and oxygen atoms in total. The normalized spacial score (nSPS) is 12.3. The standard InChI is InChI=1S/C17H24N2O6/c1-17(2,3)25-16(23)15(19-18)13(21)11-10-12(20)8-6-5-7-9-14(22)24-4/h7,9H,5-6,8,10-11H2,1-4H3/p+1/b9-7+. The maximum atomic E-state index is 11.8. The van der Waals surface area contributed by atoms with Gasteiger partial charge in [-0.2, -0.15) is 0 Å². The Morgan fingerprint density at radius 1 is 1.16 bits per heavy atom. The number of rotatable bonds is 9. The molecule has 8 heteroatoms. The summed E-state index contributed by atoms with van der Waals surface area (Å²) in [5.41, 5.74) is -1.41. The molecule has 0 rings (SSSR count). The van der Waals surface area contributed by atoms with Crippen LogP contribution in [0, 0.1) is 5.39 Å². The van der Waals surface area contributed by atoms with Crippen LogP contribution in [0.5, 0.6) is 0 Å². The predicted molar refractivity (Wildman–Crippen MR) is 89.8 cm³/mol. The first kappa shape index (κ1) is 22.3. The number of nitrogens with zero attached hydrogens (tertiary/aromatic N) is 2. The van der Waals surface area contributed by atoms with Crippen molar-refractivity contribution in [1.29, 1.82) is 5.39 Å². The molecule has 0 aromatic rings. The monoisotopic (exact) mass is 353 g/mol. The molecule has 0 saturated heterocycles. The van der Waals surface area contributed by atoms with E-state index in [9.17, 15) is 19.5 Å². The number of hydrogen-bond donors (Lipinski definition) is 1. The van der Waals surface area contributed by atoms with Gasteiger partial charge in [0.15, 0.2) is 10.7 Å². The van der Waals surface area contributed by atoms with Gasteiger partial charge in [0.25, 0.3) is 0 Å². The highest BCUT2D eigenvalue weighted by atomic mass is 16.6. The lowest BCUT2D eigenvalue weighted by atomic mass is 10.1. The number of aliphatic hydroxyl groups excluding tert-OH is 1. The molecule has 0 radical (unpaired) electrons. The number of allylic oxidation sites excluding steroid dienone is 2. The average Bonchev–Trinajstić information content (AvgIpc) is 2.51. The molecule has 0 amide bonds. The Hall–Kier alpha value is -2.69. The van der Waals surface area contributed by atoms with Gasteiger partial charge in [0.05, 0.1) is 7.11 Å². The van der Waals surface area contributed by atoms with E-state index in [-0.39, 0.29) is 25.0 Å². The van der Waals surface area contributed by atoms with Crippen LogP contribution in [-0.4, -0.2) is 35.5 Å². The van der Waals surface area contributed by atoms with E-state index in [1.807, 2.05) is 0 Å². The lowest BCUT2D eigenvalue weighted by Gasteiger charge is -2.16. The molecule has 0 aliphatic rings. The van der Waals surface area contributed by atoms with Gasteiger partial charge in [0, 0.05) is 25.3 Å². The van der Waals surface area contributed by atoms with Crippen molar-refractivity contribution in [3.8, 4) is 0 Å². The van der Waals surface area contributed by atoms with Gasteiger partial charge in [0.1, 0.15) is 11.4 Å². The van der Waals surface area contributed by atoms with Crippen molar-refractivity contribution in [3.05, 3.63) is 28.6 Å². The van der Waals surface area contributed by atoms with Crippen LogP contribution in [-0.2, 0) is 23.9 Å². The van der Waals surface area contributed by atoms with Crippen LogP contribution in [0.15, 0.2) is 23.6 Å². The number of esters is 2. The Morgan fingerprint density at radius 2 is 1.80 bits per heavy atom. The highest BCUT2D eigenvalue weighted by molar-refractivity contribution is 5.91. The van der Waals surface area contributed by atoms with E-state index in [1.54, 1.807) is 26.8 Å². The SMILES string of the molecule is COC(=O)/C=C/CCCC(=O)CC/C(O)=C(\[N+]#N)C(=O)OC(C)(C)C. The maximum Gasteiger partial charge on any atom is 0.505 e. The summed E-state index contributed by atoms with van der Waals surface area (Å²) in [4.78, 5) is 37.1. The minimum atomic E-state index is -0.965. The van der Waals surface area contributed by atoms with Gasteiger partial charge in [-0.15, -0.1) is 0 Å². The topological polar surface area (TPSA) is 118 Å². The van der Waals surface area contributed by atoms with E-state index >= 15 is 0 Å². The predicted octanol–water partition coefficient (Wildman–Crippen LogP) is 3.20. The van der Waals surface area contributed by atoms with Gasteiger partial charge < -0.3 is 14.6 Å². The Balaban J connectivity index is 4.41. The molecule has 1 N–H and O–H groups in total. The molecule has 0 aromatic carbocycles. The Bertz CT molecular complexity index is 593. The van der Waals surface area contributed by atoms with Crippen LogP contribution in [0.2, 0.25) is 0 Å². The van der Waals surface area contributed by atoms with E-state index in [1.165, 1.54) is 13.2 Å². The van der Waals surface area contributed by atoms with E-state index in [2.05, 4.69) is 9.71 Å². The lowest BCUT2D eigenvalue weighted by Crippen LogP contribution is -2.24. The second kappa shape index (κ2) is 11.0. The fourth-order valence-electron chi connectivity index (χ4n) is 1.71. The maximum absolute atomic E-state index is 11.8. The van der Waals surface area contributed by atoms with Crippen molar-refractivity contribution in [2.24, 2.45) is 0 Å². The number of methoxy groups -OCH3 is 1. The summed E-state index contributed by atoms with van der Waals surface area (Å²) < 4.78 is 9.43.